The molecule has 0 saturated heterocycles. The van der Waals surface area contributed by atoms with Crippen LogP contribution in [0.2, 0.25) is 0 Å². The first kappa shape index (κ1) is 13.4. The van der Waals surface area contributed by atoms with Gasteiger partial charge in [-0.25, -0.2) is 9.97 Å². The minimum atomic E-state index is 0.200. The molecule has 2 N–H and O–H groups in total. The molecule has 9 heteroatoms. The van der Waals surface area contributed by atoms with Crippen molar-refractivity contribution in [2.24, 2.45) is 0 Å². The molecular weight excluding hydrogens is 288 g/mol. The number of thioether (sulfide) groups is 1. The van der Waals surface area contributed by atoms with Crippen molar-refractivity contribution in [2.75, 3.05) is 5.73 Å². The Labute approximate surface area is 124 Å². The van der Waals surface area contributed by atoms with Crippen molar-refractivity contribution in [2.45, 2.75) is 17.8 Å². The Morgan fingerprint density at radius 3 is 2.76 bits per heavy atom. The zero-order chi connectivity index (χ0) is 14.7. The van der Waals surface area contributed by atoms with Crippen LogP contribution in [-0.4, -0.2) is 35.2 Å². The summed E-state index contributed by atoms with van der Waals surface area (Å²) in [6.07, 6.45) is 1.38. The van der Waals surface area contributed by atoms with Gasteiger partial charge in [0, 0.05) is 0 Å². The Bertz CT molecular complexity index is 739. The molecule has 106 valence electrons. The summed E-state index contributed by atoms with van der Waals surface area (Å²) in [6, 6.07) is 7.97. The van der Waals surface area contributed by atoms with Gasteiger partial charge < -0.3 is 5.73 Å². The Morgan fingerprint density at radius 1 is 1.19 bits per heavy atom. The minimum Gasteiger partial charge on any atom is -0.368 e. The highest BCUT2D eigenvalue weighted by molar-refractivity contribution is 7.98. The zero-order valence-electron chi connectivity index (χ0n) is 11.2. The fourth-order valence-corrected chi connectivity index (χ4v) is 2.39. The fourth-order valence-electron chi connectivity index (χ4n) is 1.67. The third-order valence-electron chi connectivity index (χ3n) is 2.71. The number of rotatable bonds is 4. The molecule has 2 aromatic heterocycles. The molecule has 0 radical (unpaired) electrons. The van der Waals surface area contributed by atoms with Crippen LogP contribution in [0.4, 0.5) is 5.95 Å². The van der Waals surface area contributed by atoms with Gasteiger partial charge in [-0.3, -0.25) is 0 Å². The molecule has 21 heavy (non-hydrogen) atoms. The Kier molecular flexibility index (Phi) is 3.73. The zero-order valence-corrected chi connectivity index (χ0v) is 12.0. The number of benzene rings is 1. The maximum Gasteiger partial charge on any atom is 0.223 e. The number of aromatic nitrogens is 7. The largest absolute Gasteiger partial charge is 0.368 e. The van der Waals surface area contributed by atoms with E-state index >= 15 is 0 Å². The van der Waals surface area contributed by atoms with E-state index in [-0.39, 0.29) is 5.95 Å². The van der Waals surface area contributed by atoms with Crippen LogP contribution in [0.1, 0.15) is 11.4 Å². The molecule has 0 saturated carbocycles. The summed E-state index contributed by atoms with van der Waals surface area (Å²) in [5, 5.41) is 12.3. The molecule has 0 spiro atoms. The highest BCUT2D eigenvalue weighted by atomic mass is 32.2. The van der Waals surface area contributed by atoms with E-state index in [2.05, 4.69) is 30.5 Å². The molecule has 0 amide bonds. The Balaban J connectivity index is 1.78. The average molecular weight is 300 g/mol. The summed E-state index contributed by atoms with van der Waals surface area (Å²) in [7, 11) is 0. The van der Waals surface area contributed by atoms with Gasteiger partial charge >= 0.3 is 0 Å². The molecule has 8 nitrogen and oxygen atoms in total. The lowest BCUT2D eigenvalue weighted by Gasteiger charge is -2.04. The van der Waals surface area contributed by atoms with Crippen molar-refractivity contribution < 1.29 is 0 Å². The topological polar surface area (TPSA) is 108 Å². The summed E-state index contributed by atoms with van der Waals surface area (Å²) in [5.74, 6) is 1.44. The molecule has 3 rings (SSSR count). The molecule has 0 aliphatic carbocycles. The van der Waals surface area contributed by atoms with Crippen LogP contribution in [-0.2, 0) is 5.75 Å². The van der Waals surface area contributed by atoms with Crippen LogP contribution in [0.15, 0.2) is 35.7 Å². The molecule has 2 heterocycles. The fraction of sp³-hybridized carbons (Fsp3) is 0.167. The smallest absolute Gasteiger partial charge is 0.223 e. The lowest BCUT2D eigenvalue weighted by Crippen LogP contribution is -2.03. The van der Waals surface area contributed by atoms with Gasteiger partial charge in [0.15, 0.2) is 11.0 Å². The summed E-state index contributed by atoms with van der Waals surface area (Å²) < 4.78 is 1.69. The van der Waals surface area contributed by atoms with Crippen molar-refractivity contribution in [1.29, 1.82) is 0 Å². The van der Waals surface area contributed by atoms with E-state index in [1.807, 2.05) is 31.2 Å². The second-order valence-electron chi connectivity index (χ2n) is 4.26. The second kappa shape index (κ2) is 5.83. The van der Waals surface area contributed by atoms with Crippen LogP contribution in [0.3, 0.4) is 0 Å². The molecule has 0 fully saturated rings. The van der Waals surface area contributed by atoms with Crippen molar-refractivity contribution in [3.05, 3.63) is 42.0 Å². The average Bonchev–Trinajstić information content (AvgIpc) is 2.94. The lowest BCUT2D eigenvalue weighted by molar-refractivity contribution is 0.777. The van der Waals surface area contributed by atoms with Gasteiger partial charge in [-0.05, 0) is 29.5 Å². The number of nitrogens with zero attached hydrogens (tertiary/aromatic N) is 7. The monoisotopic (exact) mass is 300 g/mol. The Morgan fingerprint density at radius 2 is 2.00 bits per heavy atom. The standard InChI is InChI=1S/C12H12N8S/c1-8-2-4-9(5-3-8)20-10(17-18-19-20)6-21-12-15-7-14-11(13)16-12/h2-5,7H,6H2,1H3,(H2,13,14,15,16). The maximum absolute atomic E-state index is 5.52. The van der Waals surface area contributed by atoms with Crippen LogP contribution < -0.4 is 5.73 Å². The van der Waals surface area contributed by atoms with E-state index in [1.165, 1.54) is 23.7 Å². The first-order valence-electron chi connectivity index (χ1n) is 6.14. The molecule has 0 bridgehead atoms. The summed E-state index contributed by atoms with van der Waals surface area (Å²) in [4.78, 5) is 11.8. The molecule has 0 atom stereocenters. The molecule has 1 aromatic carbocycles. The van der Waals surface area contributed by atoms with E-state index in [1.54, 1.807) is 4.68 Å². The van der Waals surface area contributed by atoms with Gasteiger partial charge in [0.2, 0.25) is 5.95 Å². The molecular formula is C12H12N8S. The number of hydrogen-bond acceptors (Lipinski definition) is 8. The van der Waals surface area contributed by atoms with Crippen LogP contribution in [0.5, 0.6) is 0 Å². The van der Waals surface area contributed by atoms with Gasteiger partial charge in [-0.15, -0.1) is 5.10 Å². The van der Waals surface area contributed by atoms with Gasteiger partial charge in [-0.2, -0.15) is 9.67 Å². The number of nitrogens with two attached hydrogens (primary N) is 1. The van der Waals surface area contributed by atoms with Crippen LogP contribution in [0, 0.1) is 6.92 Å². The van der Waals surface area contributed by atoms with Gasteiger partial charge in [-0.1, -0.05) is 29.5 Å². The number of hydrogen-bond donors (Lipinski definition) is 1. The van der Waals surface area contributed by atoms with E-state index < -0.39 is 0 Å². The number of anilines is 1. The summed E-state index contributed by atoms with van der Waals surface area (Å²) in [6.45, 7) is 2.03. The first-order chi connectivity index (χ1) is 10.2. The van der Waals surface area contributed by atoms with E-state index in [0.717, 1.165) is 5.69 Å². The van der Waals surface area contributed by atoms with Crippen molar-refractivity contribution in [1.82, 2.24) is 35.2 Å². The SMILES string of the molecule is Cc1ccc(-n2nnnc2CSc2ncnc(N)n2)cc1. The number of tetrazole rings is 1. The van der Waals surface area contributed by atoms with E-state index in [9.17, 15) is 0 Å². The van der Waals surface area contributed by atoms with Crippen molar-refractivity contribution in [3.63, 3.8) is 0 Å². The quantitative estimate of drug-likeness (QED) is 0.712. The first-order valence-corrected chi connectivity index (χ1v) is 7.12. The lowest BCUT2D eigenvalue weighted by atomic mass is 10.2. The third kappa shape index (κ3) is 3.14. The third-order valence-corrected chi connectivity index (χ3v) is 3.57. The highest BCUT2D eigenvalue weighted by Gasteiger charge is 2.10. The van der Waals surface area contributed by atoms with Crippen molar-refractivity contribution in [3.8, 4) is 5.69 Å². The minimum absolute atomic E-state index is 0.200. The maximum atomic E-state index is 5.52. The molecule has 0 aliphatic rings. The predicted molar refractivity (Wildman–Crippen MR) is 77.7 cm³/mol. The van der Waals surface area contributed by atoms with Crippen molar-refractivity contribution >= 4 is 17.7 Å². The number of nitrogen functional groups attached to an aromatic ring is 1. The molecule has 0 aliphatic heterocycles. The van der Waals surface area contributed by atoms with Crippen LogP contribution >= 0.6 is 11.8 Å². The van der Waals surface area contributed by atoms with Gasteiger partial charge in [0.05, 0.1) is 11.4 Å². The molecule has 3 aromatic rings. The number of aryl methyl sites for hydroxylation is 1. The predicted octanol–water partition coefficient (Wildman–Crippen LogP) is 1.03. The summed E-state index contributed by atoms with van der Waals surface area (Å²) >= 11 is 1.40. The van der Waals surface area contributed by atoms with Crippen LogP contribution in [0.25, 0.3) is 5.69 Å². The van der Waals surface area contributed by atoms with Gasteiger partial charge in [0.1, 0.15) is 6.33 Å². The normalized spacial score (nSPS) is 10.7. The van der Waals surface area contributed by atoms with E-state index in [0.29, 0.717) is 16.7 Å². The Hall–Kier alpha value is -2.55. The summed E-state index contributed by atoms with van der Waals surface area (Å²) in [5.41, 5.74) is 7.62. The highest BCUT2D eigenvalue weighted by Crippen LogP contribution is 2.19. The molecule has 0 unspecified atom stereocenters. The van der Waals surface area contributed by atoms with E-state index in [4.69, 9.17) is 5.73 Å². The van der Waals surface area contributed by atoms with Gasteiger partial charge in [0.25, 0.3) is 0 Å². The second-order valence-corrected chi connectivity index (χ2v) is 5.20.